The van der Waals surface area contributed by atoms with E-state index in [4.69, 9.17) is 4.98 Å². The van der Waals surface area contributed by atoms with Crippen molar-refractivity contribution >= 4 is 17.4 Å². The molecule has 0 radical (unpaired) electrons. The van der Waals surface area contributed by atoms with Gasteiger partial charge in [0, 0.05) is 17.5 Å². The maximum Gasteiger partial charge on any atom is 0.306 e. The Balaban J connectivity index is 1.65. The summed E-state index contributed by atoms with van der Waals surface area (Å²) in [6.45, 7) is 4.83. The van der Waals surface area contributed by atoms with Crippen LogP contribution in [0.5, 0.6) is 0 Å². The number of hydrogen-bond donors (Lipinski definition) is 0. The molecule has 2 aromatic rings. The lowest BCUT2D eigenvalue weighted by molar-refractivity contribution is -0.385. The molecule has 124 valence electrons. The third-order valence-electron chi connectivity index (χ3n) is 4.43. The van der Waals surface area contributed by atoms with Gasteiger partial charge < -0.3 is 4.57 Å². The molecule has 0 unspecified atom stereocenters. The van der Waals surface area contributed by atoms with Crippen LogP contribution in [0.3, 0.4) is 0 Å². The van der Waals surface area contributed by atoms with E-state index >= 15 is 0 Å². The lowest BCUT2D eigenvalue weighted by Crippen LogP contribution is -2.09. The number of hydrogen-bond acceptors (Lipinski definition) is 5. The second-order valence-corrected chi connectivity index (χ2v) is 7.00. The van der Waals surface area contributed by atoms with Crippen LogP contribution in [0.25, 0.3) is 0 Å². The quantitative estimate of drug-likeness (QED) is 0.458. The molecule has 0 aliphatic heterocycles. The first kappa shape index (κ1) is 16.0. The summed E-state index contributed by atoms with van der Waals surface area (Å²) in [7, 11) is 0. The monoisotopic (exact) mass is 335 g/mol. The lowest BCUT2D eigenvalue weighted by atomic mass is 10.2. The number of thioether (sulfide) groups is 1. The maximum absolute atomic E-state index is 10.7. The van der Waals surface area contributed by atoms with Gasteiger partial charge in [0.1, 0.15) is 12.4 Å². The summed E-state index contributed by atoms with van der Waals surface area (Å²) in [5.41, 5.74) is 2.39. The third-order valence-corrected chi connectivity index (χ3v) is 5.36. The number of nitrogens with zero attached hydrogens (tertiary/aromatic N) is 5. The van der Waals surface area contributed by atoms with E-state index in [9.17, 15) is 10.1 Å². The van der Waals surface area contributed by atoms with Crippen molar-refractivity contribution in [3.63, 3.8) is 0 Å². The highest BCUT2D eigenvalue weighted by atomic mass is 32.2. The molecule has 0 amide bonds. The van der Waals surface area contributed by atoms with Crippen molar-refractivity contribution in [1.29, 1.82) is 0 Å². The largest absolute Gasteiger partial charge is 0.320 e. The Morgan fingerprint density at radius 3 is 2.78 bits per heavy atom. The van der Waals surface area contributed by atoms with Crippen LogP contribution in [0.1, 0.15) is 43.1 Å². The number of rotatable bonds is 6. The first-order valence-electron chi connectivity index (χ1n) is 7.91. The molecule has 3 rings (SSSR count). The Morgan fingerprint density at radius 2 is 2.13 bits per heavy atom. The van der Waals surface area contributed by atoms with E-state index in [0.29, 0.717) is 12.6 Å². The number of aromatic nitrogens is 4. The summed E-state index contributed by atoms with van der Waals surface area (Å²) in [6, 6.07) is 0.574. The molecule has 2 heterocycles. The van der Waals surface area contributed by atoms with Gasteiger partial charge in [-0.05, 0) is 26.7 Å². The molecule has 1 aliphatic carbocycles. The van der Waals surface area contributed by atoms with E-state index in [0.717, 1.165) is 16.6 Å². The Morgan fingerprint density at radius 1 is 1.39 bits per heavy atom. The molecule has 0 atom stereocenters. The summed E-state index contributed by atoms with van der Waals surface area (Å²) in [5.74, 6) is 0.793. The van der Waals surface area contributed by atoms with Gasteiger partial charge in [-0.2, -0.15) is 5.10 Å². The van der Waals surface area contributed by atoms with Crippen molar-refractivity contribution in [1.82, 2.24) is 19.3 Å². The van der Waals surface area contributed by atoms with E-state index in [1.807, 2.05) is 0 Å². The van der Waals surface area contributed by atoms with Crippen molar-refractivity contribution < 1.29 is 4.92 Å². The zero-order valence-corrected chi connectivity index (χ0v) is 14.3. The van der Waals surface area contributed by atoms with Gasteiger partial charge in [0.05, 0.1) is 17.2 Å². The highest BCUT2D eigenvalue weighted by Crippen LogP contribution is 2.35. The highest BCUT2D eigenvalue weighted by Gasteiger charge is 2.23. The van der Waals surface area contributed by atoms with E-state index < -0.39 is 4.92 Å². The molecule has 0 N–H and O–H groups in total. The third kappa shape index (κ3) is 3.41. The predicted molar refractivity (Wildman–Crippen MR) is 88.8 cm³/mol. The second-order valence-electron chi connectivity index (χ2n) is 5.94. The Labute approximate surface area is 139 Å². The van der Waals surface area contributed by atoms with Crippen molar-refractivity contribution in [3.05, 3.63) is 33.9 Å². The molecule has 2 aromatic heterocycles. The molecule has 1 aliphatic rings. The zero-order valence-electron chi connectivity index (χ0n) is 13.4. The zero-order chi connectivity index (χ0) is 16.4. The fourth-order valence-electron chi connectivity index (χ4n) is 3.09. The molecule has 0 bridgehead atoms. The number of imidazole rings is 1. The smallest absolute Gasteiger partial charge is 0.306 e. The molecule has 0 spiro atoms. The standard InChI is InChI=1S/C15H21N5O2S/c1-11-12(2)19(13-5-3-4-6-13)15(17-11)23-8-7-18-10-14(9-16-18)20(21)22/h9-10,13H,3-8H2,1-2H3. The fraction of sp³-hybridized carbons (Fsp3) is 0.600. The van der Waals surface area contributed by atoms with Crippen LogP contribution in [0, 0.1) is 24.0 Å². The minimum atomic E-state index is -0.420. The molecular formula is C15H21N5O2S. The average molecular weight is 335 g/mol. The van der Waals surface area contributed by atoms with Gasteiger partial charge >= 0.3 is 5.69 Å². The number of nitro groups is 1. The molecule has 23 heavy (non-hydrogen) atoms. The van der Waals surface area contributed by atoms with E-state index in [-0.39, 0.29) is 5.69 Å². The molecule has 7 nitrogen and oxygen atoms in total. The second kappa shape index (κ2) is 6.74. The van der Waals surface area contributed by atoms with E-state index in [2.05, 4.69) is 23.5 Å². The van der Waals surface area contributed by atoms with Crippen LogP contribution in [-0.2, 0) is 6.54 Å². The van der Waals surface area contributed by atoms with Gasteiger partial charge in [-0.15, -0.1) is 0 Å². The molecular weight excluding hydrogens is 314 g/mol. The minimum absolute atomic E-state index is 0.0362. The Kier molecular flexibility index (Phi) is 4.70. The van der Waals surface area contributed by atoms with Gasteiger partial charge in [-0.3, -0.25) is 14.8 Å². The van der Waals surface area contributed by atoms with Crippen LogP contribution in [0.4, 0.5) is 5.69 Å². The SMILES string of the molecule is Cc1nc(SCCn2cc([N+](=O)[O-])cn2)n(C2CCCC2)c1C. The number of aryl methyl sites for hydroxylation is 2. The fourth-order valence-corrected chi connectivity index (χ4v) is 4.18. The first-order chi connectivity index (χ1) is 11.1. The van der Waals surface area contributed by atoms with Crippen molar-refractivity contribution in [3.8, 4) is 0 Å². The van der Waals surface area contributed by atoms with Gasteiger partial charge in [-0.1, -0.05) is 24.6 Å². The highest BCUT2D eigenvalue weighted by molar-refractivity contribution is 7.99. The van der Waals surface area contributed by atoms with Gasteiger partial charge in [0.2, 0.25) is 0 Å². The van der Waals surface area contributed by atoms with Crippen molar-refractivity contribution in [2.45, 2.75) is 57.3 Å². The lowest BCUT2D eigenvalue weighted by Gasteiger charge is -2.16. The summed E-state index contributed by atoms with van der Waals surface area (Å²) in [5, 5.41) is 15.8. The van der Waals surface area contributed by atoms with E-state index in [1.165, 1.54) is 43.8 Å². The first-order valence-corrected chi connectivity index (χ1v) is 8.90. The normalized spacial score (nSPS) is 15.4. The Hall–Kier alpha value is -1.83. The average Bonchev–Trinajstić information content (AvgIpc) is 3.22. The van der Waals surface area contributed by atoms with Gasteiger partial charge in [0.25, 0.3) is 0 Å². The van der Waals surface area contributed by atoms with Crippen LogP contribution in [-0.4, -0.2) is 30.0 Å². The van der Waals surface area contributed by atoms with Crippen molar-refractivity contribution in [2.75, 3.05) is 5.75 Å². The van der Waals surface area contributed by atoms with Crippen LogP contribution in [0.2, 0.25) is 0 Å². The minimum Gasteiger partial charge on any atom is -0.320 e. The summed E-state index contributed by atoms with van der Waals surface area (Å²) in [4.78, 5) is 15.0. The Bertz CT molecular complexity index is 703. The summed E-state index contributed by atoms with van der Waals surface area (Å²) < 4.78 is 4.01. The van der Waals surface area contributed by atoms with Gasteiger partial charge in [-0.25, -0.2) is 4.98 Å². The molecule has 1 fully saturated rings. The molecule has 0 aromatic carbocycles. The van der Waals surface area contributed by atoms with Crippen molar-refractivity contribution in [2.24, 2.45) is 0 Å². The van der Waals surface area contributed by atoms with Crippen LogP contribution < -0.4 is 0 Å². The summed E-state index contributed by atoms with van der Waals surface area (Å²) >= 11 is 1.70. The molecule has 8 heteroatoms. The van der Waals surface area contributed by atoms with E-state index in [1.54, 1.807) is 16.4 Å². The molecule has 1 saturated carbocycles. The topological polar surface area (TPSA) is 78.8 Å². The van der Waals surface area contributed by atoms with Gasteiger partial charge in [0.15, 0.2) is 5.16 Å². The summed E-state index contributed by atoms with van der Waals surface area (Å²) in [6.07, 6.45) is 7.81. The maximum atomic E-state index is 10.7. The van der Waals surface area contributed by atoms with Crippen LogP contribution >= 0.6 is 11.8 Å². The predicted octanol–water partition coefficient (Wildman–Crippen LogP) is 3.51. The molecule has 0 saturated heterocycles. The van der Waals surface area contributed by atoms with Crippen LogP contribution in [0.15, 0.2) is 17.6 Å².